The van der Waals surface area contributed by atoms with Gasteiger partial charge in [-0.05, 0) is 31.1 Å². The number of hydrogen-bond donors (Lipinski definition) is 1. The molecule has 1 rings (SSSR count). The van der Waals surface area contributed by atoms with E-state index in [1.807, 2.05) is 6.08 Å². The average Bonchev–Trinajstić information content (AvgIpc) is 2.62. The quantitative estimate of drug-likeness (QED) is 0.567. The molecule has 1 aliphatic carbocycles. The summed E-state index contributed by atoms with van der Waals surface area (Å²) in [6, 6.07) is 0. The third-order valence-electron chi connectivity index (χ3n) is 2.05. The third kappa shape index (κ3) is 1.83. The first-order chi connectivity index (χ1) is 4.38. The normalized spacial score (nSPS) is 32.1. The topological polar surface area (TPSA) is 20.2 Å². The van der Waals surface area contributed by atoms with Crippen LogP contribution in [-0.2, 0) is 0 Å². The van der Waals surface area contributed by atoms with Crippen LogP contribution in [-0.4, -0.2) is 11.7 Å². The van der Waals surface area contributed by atoms with Crippen molar-refractivity contribution in [1.29, 1.82) is 0 Å². The Hall–Kier alpha value is -0.300. The molecule has 2 unspecified atom stereocenters. The largest absolute Gasteiger partial charge is 0.396 e. The fourth-order valence-electron chi connectivity index (χ4n) is 1.22. The molecule has 1 saturated carbocycles. The zero-order valence-corrected chi connectivity index (χ0v) is 5.71. The minimum atomic E-state index is 0.391. The summed E-state index contributed by atoms with van der Waals surface area (Å²) in [4.78, 5) is 0. The van der Waals surface area contributed by atoms with Gasteiger partial charge in [-0.15, -0.1) is 6.58 Å². The van der Waals surface area contributed by atoms with Gasteiger partial charge in [0.1, 0.15) is 0 Å². The first-order valence-corrected chi connectivity index (χ1v) is 3.60. The molecule has 52 valence electrons. The first-order valence-electron chi connectivity index (χ1n) is 3.60. The molecule has 0 aromatic carbocycles. The van der Waals surface area contributed by atoms with E-state index in [4.69, 9.17) is 5.11 Å². The molecule has 0 aromatic heterocycles. The van der Waals surface area contributed by atoms with E-state index in [-0.39, 0.29) is 0 Å². The van der Waals surface area contributed by atoms with Crippen molar-refractivity contribution in [3.8, 4) is 0 Å². The molecule has 0 amide bonds. The molecule has 1 heteroatoms. The van der Waals surface area contributed by atoms with Gasteiger partial charge in [-0.2, -0.15) is 0 Å². The molecular formula is C8H14O. The van der Waals surface area contributed by atoms with E-state index in [0.29, 0.717) is 12.5 Å². The summed E-state index contributed by atoms with van der Waals surface area (Å²) in [5.74, 6) is 1.44. The Morgan fingerprint density at radius 1 is 1.56 bits per heavy atom. The highest BCUT2D eigenvalue weighted by Crippen LogP contribution is 2.41. The van der Waals surface area contributed by atoms with Crippen LogP contribution < -0.4 is 0 Å². The zero-order chi connectivity index (χ0) is 6.69. The van der Waals surface area contributed by atoms with Crippen molar-refractivity contribution in [3.05, 3.63) is 12.7 Å². The summed E-state index contributed by atoms with van der Waals surface area (Å²) in [5, 5.41) is 8.65. The van der Waals surface area contributed by atoms with Gasteiger partial charge in [0.15, 0.2) is 0 Å². The third-order valence-corrected chi connectivity index (χ3v) is 2.05. The average molecular weight is 126 g/mol. The van der Waals surface area contributed by atoms with Crippen LogP contribution in [0.4, 0.5) is 0 Å². The van der Waals surface area contributed by atoms with Crippen LogP contribution in [0.3, 0.4) is 0 Å². The van der Waals surface area contributed by atoms with Crippen LogP contribution in [0.1, 0.15) is 19.3 Å². The summed E-state index contributed by atoms with van der Waals surface area (Å²) >= 11 is 0. The van der Waals surface area contributed by atoms with Gasteiger partial charge in [0.25, 0.3) is 0 Å². The lowest BCUT2D eigenvalue weighted by Crippen LogP contribution is -1.87. The molecule has 1 nitrogen and oxygen atoms in total. The van der Waals surface area contributed by atoms with Gasteiger partial charge in [0.05, 0.1) is 0 Å². The fraction of sp³-hybridized carbons (Fsp3) is 0.750. The smallest absolute Gasteiger partial charge is 0.0462 e. The highest BCUT2D eigenvalue weighted by molar-refractivity contribution is 4.87. The molecule has 0 bridgehead atoms. The maximum absolute atomic E-state index is 8.65. The van der Waals surface area contributed by atoms with Crippen molar-refractivity contribution in [3.63, 3.8) is 0 Å². The Morgan fingerprint density at radius 3 is 2.78 bits per heavy atom. The minimum absolute atomic E-state index is 0.391. The molecule has 1 fully saturated rings. The predicted molar refractivity (Wildman–Crippen MR) is 38.1 cm³/mol. The van der Waals surface area contributed by atoms with Crippen molar-refractivity contribution in [2.75, 3.05) is 6.61 Å². The highest BCUT2D eigenvalue weighted by Gasteiger charge is 2.34. The molecule has 2 atom stereocenters. The Kier molecular flexibility index (Phi) is 2.29. The second-order valence-electron chi connectivity index (χ2n) is 2.80. The standard InChI is InChI=1S/C8H14O/c1-2-3-4-7-5-8(7)6-9/h2,7-9H,1,3-6H2. The second-order valence-corrected chi connectivity index (χ2v) is 2.80. The molecule has 1 aliphatic rings. The molecule has 0 aromatic rings. The summed E-state index contributed by atoms with van der Waals surface area (Å²) < 4.78 is 0. The Bertz CT molecular complexity index is 98.7. The van der Waals surface area contributed by atoms with Gasteiger partial charge >= 0.3 is 0 Å². The number of aliphatic hydroxyl groups excluding tert-OH is 1. The molecule has 0 radical (unpaired) electrons. The lowest BCUT2D eigenvalue weighted by Gasteiger charge is -1.90. The number of allylic oxidation sites excluding steroid dienone is 1. The molecule has 9 heavy (non-hydrogen) atoms. The fourth-order valence-corrected chi connectivity index (χ4v) is 1.22. The maximum Gasteiger partial charge on any atom is 0.0462 e. The summed E-state index contributed by atoms with van der Waals surface area (Å²) in [7, 11) is 0. The Labute approximate surface area is 56.4 Å². The van der Waals surface area contributed by atoms with E-state index < -0.39 is 0 Å². The van der Waals surface area contributed by atoms with Crippen LogP contribution in [0.25, 0.3) is 0 Å². The molecular weight excluding hydrogens is 112 g/mol. The Morgan fingerprint density at radius 2 is 2.33 bits per heavy atom. The molecule has 0 heterocycles. The minimum Gasteiger partial charge on any atom is -0.396 e. The summed E-state index contributed by atoms with van der Waals surface area (Å²) in [5.41, 5.74) is 0. The van der Waals surface area contributed by atoms with Crippen LogP contribution in [0, 0.1) is 11.8 Å². The van der Waals surface area contributed by atoms with E-state index in [9.17, 15) is 0 Å². The summed E-state index contributed by atoms with van der Waals surface area (Å²) in [6.07, 6.45) is 5.53. The maximum atomic E-state index is 8.65. The number of rotatable bonds is 4. The van der Waals surface area contributed by atoms with Crippen LogP contribution in [0.5, 0.6) is 0 Å². The van der Waals surface area contributed by atoms with Crippen molar-refractivity contribution in [2.24, 2.45) is 11.8 Å². The molecule has 0 aliphatic heterocycles. The van der Waals surface area contributed by atoms with Gasteiger partial charge in [-0.25, -0.2) is 0 Å². The van der Waals surface area contributed by atoms with E-state index in [2.05, 4.69) is 6.58 Å². The summed E-state index contributed by atoms with van der Waals surface area (Å²) in [6.45, 7) is 4.04. The lowest BCUT2D eigenvalue weighted by atomic mass is 10.2. The number of aliphatic hydroxyl groups is 1. The van der Waals surface area contributed by atoms with Crippen molar-refractivity contribution in [1.82, 2.24) is 0 Å². The van der Waals surface area contributed by atoms with E-state index >= 15 is 0 Å². The second kappa shape index (κ2) is 3.02. The van der Waals surface area contributed by atoms with Gasteiger partial charge in [0.2, 0.25) is 0 Å². The van der Waals surface area contributed by atoms with Crippen molar-refractivity contribution >= 4 is 0 Å². The predicted octanol–water partition coefficient (Wildman–Crippen LogP) is 1.58. The van der Waals surface area contributed by atoms with Crippen LogP contribution >= 0.6 is 0 Å². The van der Waals surface area contributed by atoms with Gasteiger partial charge in [-0.3, -0.25) is 0 Å². The van der Waals surface area contributed by atoms with E-state index in [0.717, 1.165) is 12.3 Å². The molecule has 0 saturated heterocycles. The monoisotopic (exact) mass is 126 g/mol. The van der Waals surface area contributed by atoms with E-state index in [1.54, 1.807) is 0 Å². The van der Waals surface area contributed by atoms with Crippen molar-refractivity contribution < 1.29 is 5.11 Å². The highest BCUT2D eigenvalue weighted by atomic mass is 16.3. The van der Waals surface area contributed by atoms with E-state index in [1.165, 1.54) is 12.8 Å². The van der Waals surface area contributed by atoms with Crippen LogP contribution in [0.15, 0.2) is 12.7 Å². The number of hydrogen-bond acceptors (Lipinski definition) is 1. The zero-order valence-electron chi connectivity index (χ0n) is 5.71. The Balaban J connectivity index is 1.98. The SMILES string of the molecule is C=CCCC1CC1CO. The van der Waals surface area contributed by atoms with Crippen molar-refractivity contribution in [2.45, 2.75) is 19.3 Å². The molecule has 0 spiro atoms. The first kappa shape index (κ1) is 6.81. The van der Waals surface area contributed by atoms with Crippen LogP contribution in [0.2, 0.25) is 0 Å². The van der Waals surface area contributed by atoms with Gasteiger partial charge < -0.3 is 5.11 Å². The van der Waals surface area contributed by atoms with Gasteiger partial charge in [0, 0.05) is 6.61 Å². The molecule has 1 N–H and O–H groups in total. The lowest BCUT2D eigenvalue weighted by molar-refractivity contribution is 0.267. The van der Waals surface area contributed by atoms with Gasteiger partial charge in [-0.1, -0.05) is 6.08 Å².